The molecule has 0 spiro atoms. The van der Waals surface area contributed by atoms with Crippen molar-refractivity contribution >= 4 is 12.0 Å². The monoisotopic (exact) mass is 615 g/mol. The minimum atomic E-state index is -0.331. The zero-order valence-corrected chi connectivity index (χ0v) is 29.1. The van der Waals surface area contributed by atoms with Gasteiger partial charge in [0, 0.05) is 6.08 Å². The number of rotatable bonds is 32. The van der Waals surface area contributed by atoms with Gasteiger partial charge < -0.3 is 14.6 Å². The first-order valence-corrected chi connectivity index (χ1v) is 18.9. The lowest BCUT2D eigenvalue weighted by molar-refractivity contribution is -0.137. The van der Waals surface area contributed by atoms with E-state index in [1.165, 1.54) is 180 Å². The maximum Gasteiger partial charge on any atom is 0.330 e. The van der Waals surface area contributed by atoms with Crippen molar-refractivity contribution in [1.29, 1.82) is 0 Å². The Balaban J connectivity index is 1.73. The second-order valence-corrected chi connectivity index (χ2v) is 13.0. The molecule has 1 rings (SSSR count). The molecule has 0 amide bonds. The summed E-state index contributed by atoms with van der Waals surface area (Å²) in [5.41, 5.74) is 0.780. The Morgan fingerprint density at radius 2 is 0.955 bits per heavy atom. The van der Waals surface area contributed by atoms with Gasteiger partial charge in [0.25, 0.3) is 0 Å². The summed E-state index contributed by atoms with van der Waals surface area (Å²) in [6.07, 6.45) is 42.1. The van der Waals surface area contributed by atoms with E-state index in [1.54, 1.807) is 24.3 Å². The fraction of sp³-hybridized carbons (Fsp3) is 0.775. The van der Waals surface area contributed by atoms with E-state index in [0.717, 1.165) is 18.4 Å². The second-order valence-electron chi connectivity index (χ2n) is 13.0. The van der Waals surface area contributed by atoms with Gasteiger partial charge in [0.1, 0.15) is 0 Å². The van der Waals surface area contributed by atoms with Crippen LogP contribution in [0.25, 0.3) is 6.08 Å². The standard InChI is InChI=1S/C40H70O4/c1-3-4-5-6-7-8-9-10-11-12-13-14-15-16-17-18-19-20-21-22-23-24-25-26-27-28-29-30-35-44-40(42)34-32-37-31-33-38(41)39(36-37)43-2/h31-34,36,41H,3-30,35H2,1-2H3/b34-32+. The minimum absolute atomic E-state index is 0.0817. The Bertz CT molecular complexity index is 803. The van der Waals surface area contributed by atoms with Crippen molar-refractivity contribution in [2.75, 3.05) is 13.7 Å². The van der Waals surface area contributed by atoms with Gasteiger partial charge in [0.05, 0.1) is 13.7 Å². The highest BCUT2D eigenvalue weighted by molar-refractivity contribution is 5.87. The molecule has 0 fully saturated rings. The first-order chi connectivity index (χ1) is 21.7. The first kappa shape index (κ1) is 40.1. The predicted octanol–water partition coefficient (Wildman–Crippen LogP) is 12.9. The summed E-state index contributed by atoms with van der Waals surface area (Å²) in [5.74, 6) is 0.136. The summed E-state index contributed by atoms with van der Waals surface area (Å²) < 4.78 is 10.4. The SMILES string of the molecule is CCCCCCCCCCCCCCCCCCCCCCCCCCCCCCOC(=O)/C=C/c1ccc(O)c(OC)c1. The van der Waals surface area contributed by atoms with E-state index in [9.17, 15) is 9.90 Å². The van der Waals surface area contributed by atoms with Gasteiger partial charge in [-0.2, -0.15) is 0 Å². The van der Waals surface area contributed by atoms with E-state index < -0.39 is 0 Å². The highest BCUT2D eigenvalue weighted by Crippen LogP contribution is 2.26. The van der Waals surface area contributed by atoms with Gasteiger partial charge in [0.2, 0.25) is 0 Å². The summed E-state index contributed by atoms with van der Waals surface area (Å²) in [5, 5.41) is 9.64. The molecule has 4 heteroatoms. The lowest BCUT2D eigenvalue weighted by Gasteiger charge is -2.05. The summed E-state index contributed by atoms with van der Waals surface area (Å²) in [7, 11) is 1.50. The number of esters is 1. The van der Waals surface area contributed by atoms with Crippen LogP contribution in [0.3, 0.4) is 0 Å². The summed E-state index contributed by atoms with van der Waals surface area (Å²) in [6.45, 7) is 2.77. The molecule has 254 valence electrons. The molecule has 0 atom stereocenters. The molecular weight excluding hydrogens is 544 g/mol. The average Bonchev–Trinajstić information content (AvgIpc) is 3.03. The zero-order valence-electron chi connectivity index (χ0n) is 29.1. The summed E-state index contributed by atoms with van der Waals surface area (Å²) >= 11 is 0. The molecule has 0 radical (unpaired) electrons. The van der Waals surface area contributed by atoms with E-state index in [4.69, 9.17) is 9.47 Å². The van der Waals surface area contributed by atoms with E-state index in [-0.39, 0.29) is 11.7 Å². The van der Waals surface area contributed by atoms with Crippen molar-refractivity contribution in [3.8, 4) is 11.5 Å². The van der Waals surface area contributed by atoms with Gasteiger partial charge in [-0.1, -0.05) is 186 Å². The fourth-order valence-electron chi connectivity index (χ4n) is 5.95. The zero-order chi connectivity index (χ0) is 31.8. The van der Waals surface area contributed by atoms with Crippen LogP contribution in [0.1, 0.15) is 192 Å². The van der Waals surface area contributed by atoms with Crippen molar-refractivity contribution in [2.24, 2.45) is 0 Å². The summed E-state index contributed by atoms with van der Waals surface area (Å²) in [6, 6.07) is 4.96. The quantitative estimate of drug-likeness (QED) is 0.0498. The van der Waals surface area contributed by atoms with Crippen LogP contribution >= 0.6 is 0 Å². The molecule has 0 aromatic heterocycles. The molecule has 1 N–H and O–H groups in total. The van der Waals surface area contributed by atoms with E-state index in [1.807, 2.05) is 0 Å². The molecule has 0 saturated heterocycles. The van der Waals surface area contributed by atoms with Crippen molar-refractivity contribution in [3.63, 3.8) is 0 Å². The highest BCUT2D eigenvalue weighted by atomic mass is 16.5. The molecule has 0 aliphatic carbocycles. The molecule has 0 heterocycles. The molecular formula is C40H70O4. The molecule has 0 aliphatic heterocycles. The van der Waals surface area contributed by atoms with Crippen molar-refractivity contribution in [2.45, 2.75) is 187 Å². The van der Waals surface area contributed by atoms with Crippen LogP contribution in [-0.4, -0.2) is 24.8 Å². The number of ether oxygens (including phenoxy) is 2. The van der Waals surface area contributed by atoms with Crippen LogP contribution in [0.4, 0.5) is 0 Å². The molecule has 1 aromatic rings. The largest absolute Gasteiger partial charge is 0.504 e. The number of carbonyl (C=O) groups excluding carboxylic acids is 1. The Kier molecular flexibility index (Phi) is 28.2. The van der Waals surface area contributed by atoms with Crippen LogP contribution in [0.2, 0.25) is 0 Å². The van der Waals surface area contributed by atoms with Gasteiger partial charge in [-0.05, 0) is 30.2 Å². The number of benzene rings is 1. The van der Waals surface area contributed by atoms with Crippen LogP contribution in [0.5, 0.6) is 11.5 Å². The van der Waals surface area contributed by atoms with Gasteiger partial charge in [0.15, 0.2) is 11.5 Å². The Morgan fingerprint density at radius 3 is 1.32 bits per heavy atom. The third-order valence-electron chi connectivity index (χ3n) is 8.86. The normalized spacial score (nSPS) is 11.4. The van der Waals surface area contributed by atoms with Crippen LogP contribution < -0.4 is 4.74 Å². The number of methoxy groups -OCH3 is 1. The predicted molar refractivity (Wildman–Crippen MR) is 190 cm³/mol. The van der Waals surface area contributed by atoms with Crippen molar-refractivity contribution in [3.05, 3.63) is 29.8 Å². The van der Waals surface area contributed by atoms with Crippen LogP contribution in [0.15, 0.2) is 24.3 Å². The third-order valence-corrected chi connectivity index (χ3v) is 8.86. The Labute approximate surface area is 272 Å². The molecule has 4 nitrogen and oxygen atoms in total. The number of unbranched alkanes of at least 4 members (excludes halogenated alkanes) is 27. The Hall–Kier alpha value is -1.97. The van der Waals surface area contributed by atoms with E-state index in [0.29, 0.717) is 12.4 Å². The Morgan fingerprint density at radius 1 is 0.591 bits per heavy atom. The minimum Gasteiger partial charge on any atom is -0.504 e. The lowest BCUT2D eigenvalue weighted by atomic mass is 10.0. The molecule has 1 aromatic carbocycles. The van der Waals surface area contributed by atoms with Gasteiger partial charge in [-0.15, -0.1) is 0 Å². The highest BCUT2D eigenvalue weighted by Gasteiger charge is 2.02. The number of aromatic hydroxyl groups is 1. The van der Waals surface area contributed by atoms with Crippen molar-refractivity contribution < 1.29 is 19.4 Å². The van der Waals surface area contributed by atoms with Crippen molar-refractivity contribution in [1.82, 2.24) is 0 Å². The van der Waals surface area contributed by atoms with Crippen LogP contribution in [0, 0.1) is 0 Å². The molecule has 0 unspecified atom stereocenters. The number of hydrogen-bond donors (Lipinski definition) is 1. The fourth-order valence-corrected chi connectivity index (χ4v) is 5.95. The molecule has 0 aliphatic rings. The molecule has 0 saturated carbocycles. The third kappa shape index (κ3) is 25.4. The van der Waals surface area contributed by atoms with Gasteiger partial charge in [-0.3, -0.25) is 0 Å². The topological polar surface area (TPSA) is 55.8 Å². The number of phenols is 1. The maximum atomic E-state index is 11.9. The van der Waals surface area contributed by atoms with Gasteiger partial charge in [-0.25, -0.2) is 4.79 Å². The van der Waals surface area contributed by atoms with E-state index >= 15 is 0 Å². The van der Waals surface area contributed by atoms with Gasteiger partial charge >= 0.3 is 5.97 Å². The molecule has 0 bridgehead atoms. The van der Waals surface area contributed by atoms with Crippen LogP contribution in [-0.2, 0) is 9.53 Å². The number of carbonyl (C=O) groups is 1. The average molecular weight is 615 g/mol. The smallest absolute Gasteiger partial charge is 0.330 e. The summed E-state index contributed by atoms with van der Waals surface area (Å²) in [4.78, 5) is 11.9. The second kappa shape index (κ2) is 31.0. The van der Waals surface area contributed by atoms with E-state index in [2.05, 4.69) is 6.92 Å². The number of hydrogen-bond acceptors (Lipinski definition) is 4. The lowest BCUT2D eigenvalue weighted by Crippen LogP contribution is -2.02. The maximum absolute atomic E-state index is 11.9. The number of phenolic OH excluding ortho intramolecular Hbond substituents is 1. The molecule has 44 heavy (non-hydrogen) atoms. The first-order valence-electron chi connectivity index (χ1n) is 18.9.